The van der Waals surface area contributed by atoms with Gasteiger partial charge >= 0.3 is 5.97 Å². The highest BCUT2D eigenvalue weighted by molar-refractivity contribution is 7.15. The molecule has 1 aromatic heterocycles. The lowest BCUT2D eigenvalue weighted by molar-refractivity contribution is -0.147. The second-order valence-corrected chi connectivity index (χ2v) is 7.99. The first-order valence-corrected chi connectivity index (χ1v) is 9.02. The van der Waals surface area contributed by atoms with Crippen LogP contribution >= 0.6 is 11.3 Å². The monoisotopic (exact) mass is 336 g/mol. The Morgan fingerprint density at radius 2 is 2.00 bits per heavy atom. The molecule has 3 aliphatic rings. The van der Waals surface area contributed by atoms with E-state index in [4.69, 9.17) is 4.74 Å². The van der Waals surface area contributed by atoms with Crippen molar-refractivity contribution < 1.29 is 19.4 Å². The number of aryl methyl sites for hydroxylation is 1. The number of carbonyl (C=O) groups excluding carboxylic acids is 1. The number of thiazole rings is 1. The minimum atomic E-state index is -0.940. The summed E-state index contributed by atoms with van der Waals surface area (Å²) in [5.74, 6) is -1.88. The highest BCUT2D eigenvalue weighted by Crippen LogP contribution is 2.44. The molecule has 0 saturated carbocycles. The second-order valence-electron chi connectivity index (χ2n) is 6.91. The molecule has 1 amide bonds. The summed E-state index contributed by atoms with van der Waals surface area (Å²) in [4.78, 5) is 29.9. The van der Waals surface area contributed by atoms with Crippen LogP contribution in [-0.4, -0.2) is 34.2 Å². The molecule has 2 aliphatic heterocycles. The van der Waals surface area contributed by atoms with E-state index in [2.05, 4.69) is 17.2 Å². The maximum Gasteiger partial charge on any atom is 0.310 e. The summed E-state index contributed by atoms with van der Waals surface area (Å²) in [5.41, 5.74) is 1.09. The van der Waals surface area contributed by atoms with Crippen molar-refractivity contribution in [1.82, 2.24) is 4.98 Å². The second kappa shape index (κ2) is 5.56. The zero-order valence-electron chi connectivity index (χ0n) is 12.9. The highest BCUT2D eigenvalue weighted by Gasteiger charge is 2.55. The number of hydrogen-bond donors (Lipinski definition) is 2. The number of rotatable bonds is 3. The van der Waals surface area contributed by atoms with Crippen molar-refractivity contribution in [3.8, 4) is 0 Å². The first-order chi connectivity index (χ1) is 11.0. The standard InChI is InChI=1S/C16H20N2O4S/c1-7-2-3-8-11(6-7)23-16(17-8)18-14(19)12-9-4-5-10(22-9)13(12)15(20)21/h7,9-10,12-13H,2-6H2,1H3,(H,20,21)(H,17,18,19)/t7-,9-,10-,12+,13-/m1/s1. The first-order valence-electron chi connectivity index (χ1n) is 8.20. The molecule has 1 aromatic rings. The third-order valence-corrected chi connectivity index (χ3v) is 6.31. The van der Waals surface area contributed by atoms with Gasteiger partial charge in [0.05, 0.1) is 29.7 Å². The van der Waals surface area contributed by atoms with E-state index >= 15 is 0 Å². The highest BCUT2D eigenvalue weighted by atomic mass is 32.1. The van der Waals surface area contributed by atoms with Crippen LogP contribution in [-0.2, 0) is 27.2 Å². The Kier molecular flexibility index (Phi) is 3.65. The topological polar surface area (TPSA) is 88.5 Å². The fraction of sp³-hybridized carbons (Fsp3) is 0.688. The Morgan fingerprint density at radius 1 is 1.26 bits per heavy atom. The number of ether oxygens (including phenoxy) is 1. The van der Waals surface area contributed by atoms with Gasteiger partial charge in [0.2, 0.25) is 5.91 Å². The predicted octanol–water partition coefficient (Wildman–Crippen LogP) is 2.08. The molecule has 2 N–H and O–H groups in total. The third kappa shape index (κ3) is 2.55. The number of carbonyl (C=O) groups is 2. The summed E-state index contributed by atoms with van der Waals surface area (Å²) in [6, 6.07) is 0. The van der Waals surface area contributed by atoms with E-state index in [9.17, 15) is 14.7 Å². The van der Waals surface area contributed by atoms with Crippen LogP contribution in [0.5, 0.6) is 0 Å². The van der Waals surface area contributed by atoms with Crippen LogP contribution in [0.1, 0.15) is 36.8 Å². The molecule has 6 nitrogen and oxygen atoms in total. The van der Waals surface area contributed by atoms with Crippen molar-refractivity contribution in [2.75, 3.05) is 5.32 Å². The molecule has 23 heavy (non-hydrogen) atoms. The van der Waals surface area contributed by atoms with E-state index in [1.165, 1.54) is 16.2 Å². The zero-order chi connectivity index (χ0) is 16.1. The van der Waals surface area contributed by atoms with Crippen molar-refractivity contribution in [1.29, 1.82) is 0 Å². The predicted molar refractivity (Wildman–Crippen MR) is 84.4 cm³/mol. The SMILES string of the molecule is C[C@@H]1CCc2nc(NC(=O)[C@@H]3[C@H](C(=O)O)[C@H]4CC[C@H]3O4)sc2C1. The van der Waals surface area contributed by atoms with Crippen LogP contribution in [0.3, 0.4) is 0 Å². The number of nitrogens with one attached hydrogen (secondary N) is 1. The van der Waals surface area contributed by atoms with Gasteiger partial charge in [0.25, 0.3) is 0 Å². The number of anilines is 1. The van der Waals surface area contributed by atoms with E-state index in [0.29, 0.717) is 11.0 Å². The van der Waals surface area contributed by atoms with E-state index in [1.54, 1.807) is 0 Å². The van der Waals surface area contributed by atoms with Gasteiger partial charge in [0.1, 0.15) is 0 Å². The smallest absolute Gasteiger partial charge is 0.310 e. The summed E-state index contributed by atoms with van der Waals surface area (Å²) in [6.07, 6.45) is 4.00. The van der Waals surface area contributed by atoms with Gasteiger partial charge in [-0.2, -0.15) is 0 Å². The molecule has 124 valence electrons. The van der Waals surface area contributed by atoms with Gasteiger partial charge in [-0.3, -0.25) is 9.59 Å². The Labute approximate surface area is 138 Å². The summed E-state index contributed by atoms with van der Waals surface area (Å²) in [7, 11) is 0. The number of aromatic nitrogens is 1. The van der Waals surface area contributed by atoms with E-state index in [0.717, 1.165) is 37.8 Å². The van der Waals surface area contributed by atoms with Gasteiger partial charge in [0.15, 0.2) is 5.13 Å². The molecule has 0 unspecified atom stereocenters. The molecule has 1 aliphatic carbocycles. The van der Waals surface area contributed by atoms with E-state index in [-0.39, 0.29) is 18.1 Å². The minimum Gasteiger partial charge on any atom is -0.481 e. The lowest BCUT2D eigenvalue weighted by Gasteiger charge is -2.23. The third-order valence-electron chi connectivity index (χ3n) is 5.28. The molecule has 2 saturated heterocycles. The lowest BCUT2D eigenvalue weighted by atomic mass is 9.79. The minimum absolute atomic E-state index is 0.260. The molecule has 3 heterocycles. The fourth-order valence-electron chi connectivity index (χ4n) is 4.11. The van der Waals surface area contributed by atoms with Crippen LogP contribution in [0.15, 0.2) is 0 Å². The average Bonchev–Trinajstić information content (AvgIpc) is 3.18. The lowest BCUT2D eigenvalue weighted by Crippen LogP contribution is -2.40. The molecule has 2 bridgehead atoms. The van der Waals surface area contributed by atoms with Crippen LogP contribution < -0.4 is 5.32 Å². The molecule has 5 atom stereocenters. The number of fused-ring (bicyclic) bond motifs is 3. The molecule has 7 heteroatoms. The van der Waals surface area contributed by atoms with Gasteiger partial charge < -0.3 is 15.2 Å². The molecule has 4 rings (SSSR count). The first kappa shape index (κ1) is 15.1. The van der Waals surface area contributed by atoms with Gasteiger partial charge in [-0.25, -0.2) is 4.98 Å². The normalized spacial score (nSPS) is 35.1. The van der Waals surface area contributed by atoms with Crippen LogP contribution in [0.25, 0.3) is 0 Å². The fourth-order valence-corrected chi connectivity index (χ4v) is 5.28. The van der Waals surface area contributed by atoms with Gasteiger partial charge in [-0.1, -0.05) is 6.92 Å². The van der Waals surface area contributed by atoms with Gasteiger partial charge in [-0.05, 0) is 38.0 Å². The Hall–Kier alpha value is -1.47. The zero-order valence-corrected chi connectivity index (χ0v) is 13.8. The van der Waals surface area contributed by atoms with Gasteiger partial charge in [-0.15, -0.1) is 11.3 Å². The van der Waals surface area contributed by atoms with Crippen LogP contribution in [0.4, 0.5) is 5.13 Å². The molecule has 2 fully saturated rings. The summed E-state index contributed by atoms with van der Waals surface area (Å²) in [6.45, 7) is 2.23. The van der Waals surface area contributed by atoms with Crippen LogP contribution in [0, 0.1) is 17.8 Å². The Bertz CT molecular complexity index is 659. The summed E-state index contributed by atoms with van der Waals surface area (Å²) >= 11 is 1.52. The number of aliphatic carboxylic acids is 1. The quantitative estimate of drug-likeness (QED) is 0.882. The molecule has 0 aromatic carbocycles. The van der Waals surface area contributed by atoms with Crippen molar-refractivity contribution in [2.24, 2.45) is 17.8 Å². The van der Waals surface area contributed by atoms with Crippen molar-refractivity contribution in [3.63, 3.8) is 0 Å². The Balaban J connectivity index is 1.51. The number of nitrogens with zero attached hydrogens (tertiary/aromatic N) is 1. The number of carboxylic acids is 1. The van der Waals surface area contributed by atoms with Crippen LogP contribution in [0.2, 0.25) is 0 Å². The summed E-state index contributed by atoms with van der Waals surface area (Å²) in [5, 5.41) is 12.9. The van der Waals surface area contributed by atoms with Crippen molar-refractivity contribution in [2.45, 2.75) is 51.2 Å². The molecular weight excluding hydrogens is 316 g/mol. The van der Waals surface area contributed by atoms with E-state index in [1.807, 2.05) is 0 Å². The molecular formula is C16H20N2O4S. The molecule has 0 radical (unpaired) electrons. The number of hydrogen-bond acceptors (Lipinski definition) is 5. The van der Waals surface area contributed by atoms with Crippen molar-refractivity contribution >= 4 is 28.3 Å². The summed E-state index contributed by atoms with van der Waals surface area (Å²) < 4.78 is 5.65. The number of amides is 1. The number of carboxylic acid groups (broad SMARTS) is 1. The van der Waals surface area contributed by atoms with Gasteiger partial charge in [0, 0.05) is 4.88 Å². The van der Waals surface area contributed by atoms with Crippen molar-refractivity contribution in [3.05, 3.63) is 10.6 Å². The van der Waals surface area contributed by atoms with E-state index < -0.39 is 17.8 Å². The largest absolute Gasteiger partial charge is 0.481 e. The maximum atomic E-state index is 12.6. The Morgan fingerprint density at radius 3 is 2.74 bits per heavy atom. The average molecular weight is 336 g/mol. The maximum absolute atomic E-state index is 12.6. The molecule has 0 spiro atoms.